The Kier molecular flexibility index (Phi) is 8.61. The van der Waals surface area contributed by atoms with Gasteiger partial charge in [-0.2, -0.15) is 0 Å². The summed E-state index contributed by atoms with van der Waals surface area (Å²) >= 11 is 1.67. The maximum absolute atomic E-state index is 12.9. The third-order valence-corrected chi connectivity index (χ3v) is 5.34. The molecule has 0 bridgehead atoms. The maximum Gasteiger partial charge on any atom is 0.260 e. The van der Waals surface area contributed by atoms with Crippen LogP contribution in [0.2, 0.25) is 0 Å². The molecule has 1 aliphatic heterocycles. The summed E-state index contributed by atoms with van der Waals surface area (Å²) in [4.78, 5) is 15.1. The molecule has 1 saturated heterocycles. The first-order valence-electron chi connectivity index (χ1n) is 9.16. The van der Waals surface area contributed by atoms with Gasteiger partial charge in [-0.25, -0.2) is 4.39 Å². The number of halogens is 1. The van der Waals surface area contributed by atoms with Crippen molar-refractivity contribution >= 4 is 17.7 Å². The molecule has 2 aromatic carbocycles. The van der Waals surface area contributed by atoms with Crippen LogP contribution in [0.4, 0.5) is 4.39 Å². The second-order valence-electron chi connectivity index (χ2n) is 5.91. The second kappa shape index (κ2) is 10.9. The molecule has 1 N–H and O–H groups in total. The number of carbonyl (C=O) groups is 1. The maximum atomic E-state index is 12.9. The van der Waals surface area contributed by atoms with Crippen molar-refractivity contribution in [1.29, 1.82) is 0 Å². The Bertz CT molecular complexity index is 706. The quantitative estimate of drug-likeness (QED) is 0.805. The molecule has 2 aromatic rings. The van der Waals surface area contributed by atoms with E-state index in [0.29, 0.717) is 24.1 Å². The lowest BCUT2D eigenvalue weighted by atomic mass is 10.2. The smallest absolute Gasteiger partial charge is 0.260 e. The van der Waals surface area contributed by atoms with Crippen LogP contribution in [0.5, 0.6) is 5.75 Å². The summed E-state index contributed by atoms with van der Waals surface area (Å²) in [7, 11) is 0. The minimum Gasteiger partial charge on any atom is -0.484 e. The molecule has 1 fully saturated rings. The van der Waals surface area contributed by atoms with E-state index in [-0.39, 0.29) is 24.9 Å². The Labute approximate surface area is 164 Å². The second-order valence-corrected chi connectivity index (χ2v) is 7.29. The number of ether oxygens (including phenoxy) is 1. The third-order valence-electron chi connectivity index (χ3n) is 4.08. The molecule has 0 spiro atoms. The van der Waals surface area contributed by atoms with E-state index in [1.165, 1.54) is 12.1 Å². The molecule has 146 valence electrons. The Morgan fingerprint density at radius 2 is 1.85 bits per heavy atom. The van der Waals surface area contributed by atoms with Gasteiger partial charge in [0.15, 0.2) is 6.61 Å². The van der Waals surface area contributed by atoms with Crippen molar-refractivity contribution in [2.45, 2.75) is 37.0 Å². The highest BCUT2D eigenvalue weighted by Crippen LogP contribution is 2.29. The molecule has 1 aliphatic rings. The zero-order valence-electron chi connectivity index (χ0n) is 15.7. The summed E-state index contributed by atoms with van der Waals surface area (Å²) in [5.74, 6) is 0.340. The average Bonchev–Trinajstić information content (AvgIpc) is 3.18. The molecule has 27 heavy (non-hydrogen) atoms. The van der Waals surface area contributed by atoms with Gasteiger partial charge in [-0.1, -0.05) is 26.0 Å². The number of aliphatic hydroxyl groups is 1. The minimum absolute atomic E-state index is 0.00636. The topological polar surface area (TPSA) is 49.8 Å². The molecule has 0 aromatic heterocycles. The van der Waals surface area contributed by atoms with Gasteiger partial charge < -0.3 is 14.7 Å². The molecular weight excluding hydrogens is 365 g/mol. The monoisotopic (exact) mass is 391 g/mol. The van der Waals surface area contributed by atoms with Gasteiger partial charge in [0.2, 0.25) is 0 Å². The molecule has 0 aliphatic carbocycles. The normalized spacial score (nSPS) is 15.9. The molecule has 1 atom stereocenters. The molecule has 4 nitrogen and oxygen atoms in total. The molecule has 6 heteroatoms. The van der Waals surface area contributed by atoms with E-state index in [1.807, 2.05) is 18.7 Å². The highest BCUT2D eigenvalue weighted by molar-refractivity contribution is 8.00. The first-order chi connectivity index (χ1) is 13.1. The lowest BCUT2D eigenvalue weighted by molar-refractivity contribution is -0.132. The van der Waals surface area contributed by atoms with Gasteiger partial charge in [0, 0.05) is 23.2 Å². The fourth-order valence-electron chi connectivity index (χ4n) is 2.68. The van der Waals surface area contributed by atoms with Crippen LogP contribution in [0.1, 0.15) is 25.8 Å². The molecule has 0 saturated carbocycles. The number of amides is 1. The molecule has 1 unspecified atom stereocenters. The number of rotatable bonds is 6. The predicted octanol–water partition coefficient (Wildman–Crippen LogP) is 4.12. The minimum atomic E-state index is -0.239. The van der Waals surface area contributed by atoms with Crippen LogP contribution < -0.4 is 4.74 Å². The van der Waals surface area contributed by atoms with Gasteiger partial charge in [-0.3, -0.25) is 4.79 Å². The number of thioether (sulfide) groups is 1. The van der Waals surface area contributed by atoms with Crippen molar-refractivity contribution in [2.75, 3.05) is 19.7 Å². The first-order valence-corrected chi connectivity index (χ1v) is 10.0. The van der Waals surface area contributed by atoms with Gasteiger partial charge in [0.05, 0.1) is 6.61 Å². The lowest BCUT2D eigenvalue weighted by Gasteiger charge is -2.17. The fraction of sp³-hybridized carbons (Fsp3) is 0.381. The van der Waals surface area contributed by atoms with Crippen LogP contribution in [0.3, 0.4) is 0 Å². The highest BCUT2D eigenvalue weighted by Gasteiger charge is 2.27. The Morgan fingerprint density at radius 3 is 2.48 bits per heavy atom. The van der Waals surface area contributed by atoms with Crippen LogP contribution in [0.25, 0.3) is 0 Å². The van der Waals surface area contributed by atoms with E-state index in [2.05, 4.69) is 0 Å². The lowest BCUT2D eigenvalue weighted by Crippen LogP contribution is -2.33. The van der Waals surface area contributed by atoms with Crippen LogP contribution in [-0.4, -0.2) is 40.9 Å². The number of aliphatic hydroxyl groups excluding tert-OH is 1. The average molecular weight is 392 g/mol. The fourth-order valence-corrected chi connectivity index (χ4v) is 3.84. The van der Waals surface area contributed by atoms with Gasteiger partial charge in [-0.05, 0) is 48.4 Å². The van der Waals surface area contributed by atoms with E-state index in [4.69, 9.17) is 9.84 Å². The largest absolute Gasteiger partial charge is 0.484 e. The molecular formula is C21H26FNO3S. The number of benzene rings is 2. The summed E-state index contributed by atoms with van der Waals surface area (Å²) < 4.78 is 18.5. The summed E-state index contributed by atoms with van der Waals surface area (Å²) in [6, 6.07) is 13.5. The summed E-state index contributed by atoms with van der Waals surface area (Å²) in [6.45, 7) is 5.38. The van der Waals surface area contributed by atoms with Crippen LogP contribution in [-0.2, 0) is 11.4 Å². The van der Waals surface area contributed by atoms with Gasteiger partial charge in [-0.15, -0.1) is 11.8 Å². The van der Waals surface area contributed by atoms with Gasteiger partial charge in [0.25, 0.3) is 5.91 Å². The number of likely N-dealkylation sites (tertiary alicyclic amines) is 1. The van der Waals surface area contributed by atoms with E-state index in [1.54, 1.807) is 48.2 Å². The molecule has 1 heterocycles. The SMILES string of the molecule is CC.O=C(COc1ccc(CO)cc1)N1CCC(Sc2ccc(F)cc2)C1. The van der Waals surface area contributed by atoms with Crippen molar-refractivity contribution in [3.8, 4) is 5.75 Å². The van der Waals surface area contributed by atoms with Crippen molar-refractivity contribution < 1.29 is 19.0 Å². The van der Waals surface area contributed by atoms with E-state index < -0.39 is 0 Å². The van der Waals surface area contributed by atoms with Crippen LogP contribution in [0.15, 0.2) is 53.4 Å². The Balaban J connectivity index is 0.00000126. The standard InChI is InChI=1S/C19H20FNO3S.C2H6/c20-15-3-7-17(8-4-15)25-18-9-10-21(11-18)19(23)13-24-16-5-1-14(12-22)2-6-16;1-2/h1-8,18,22H,9-13H2;1-2H3. The van der Waals surface area contributed by atoms with E-state index >= 15 is 0 Å². The van der Waals surface area contributed by atoms with Crippen molar-refractivity contribution in [3.63, 3.8) is 0 Å². The zero-order chi connectivity index (χ0) is 19.6. The predicted molar refractivity (Wildman–Crippen MR) is 106 cm³/mol. The van der Waals surface area contributed by atoms with Crippen molar-refractivity contribution in [2.24, 2.45) is 0 Å². The van der Waals surface area contributed by atoms with Crippen LogP contribution in [0, 0.1) is 5.82 Å². The van der Waals surface area contributed by atoms with E-state index in [0.717, 1.165) is 16.9 Å². The number of hydrogen-bond acceptors (Lipinski definition) is 4. The van der Waals surface area contributed by atoms with Gasteiger partial charge >= 0.3 is 0 Å². The van der Waals surface area contributed by atoms with Gasteiger partial charge in [0.1, 0.15) is 11.6 Å². The number of hydrogen-bond donors (Lipinski definition) is 1. The Morgan fingerprint density at radius 1 is 1.19 bits per heavy atom. The Hall–Kier alpha value is -2.05. The highest BCUT2D eigenvalue weighted by atomic mass is 32.2. The summed E-state index contributed by atoms with van der Waals surface area (Å²) in [6.07, 6.45) is 0.916. The van der Waals surface area contributed by atoms with Crippen molar-refractivity contribution in [1.82, 2.24) is 4.90 Å². The molecule has 1 amide bonds. The first kappa shape index (κ1) is 21.3. The zero-order valence-corrected chi connectivity index (χ0v) is 16.5. The van der Waals surface area contributed by atoms with Crippen molar-refractivity contribution in [3.05, 3.63) is 59.9 Å². The number of nitrogens with zero attached hydrogens (tertiary/aromatic N) is 1. The summed E-state index contributed by atoms with van der Waals surface area (Å²) in [5.41, 5.74) is 0.805. The van der Waals surface area contributed by atoms with Crippen LogP contribution >= 0.6 is 11.8 Å². The number of carbonyl (C=O) groups excluding carboxylic acids is 1. The summed E-state index contributed by atoms with van der Waals surface area (Å²) in [5, 5.41) is 9.33. The third kappa shape index (κ3) is 6.56. The van der Waals surface area contributed by atoms with E-state index in [9.17, 15) is 9.18 Å². The molecule has 3 rings (SSSR count). The molecule has 0 radical (unpaired) electrons.